The maximum atomic E-state index is 12.6. The van der Waals surface area contributed by atoms with Crippen molar-refractivity contribution in [3.63, 3.8) is 0 Å². The van der Waals surface area contributed by atoms with Crippen LogP contribution in [0.1, 0.15) is 55.3 Å². The Bertz CT molecular complexity index is 374. The van der Waals surface area contributed by atoms with E-state index in [-0.39, 0.29) is 18.4 Å². The number of hydrogen-bond donors (Lipinski definition) is 0. The highest BCUT2D eigenvalue weighted by atomic mass is 19.3. The van der Waals surface area contributed by atoms with E-state index in [1.807, 2.05) is 0 Å². The van der Waals surface area contributed by atoms with Crippen LogP contribution in [0.3, 0.4) is 0 Å². The number of carbonyl (C=O) groups excluding carboxylic acids is 1. The van der Waals surface area contributed by atoms with Crippen LogP contribution in [0.4, 0.5) is 8.78 Å². The van der Waals surface area contributed by atoms with Crippen molar-refractivity contribution in [2.45, 2.75) is 33.1 Å². The van der Waals surface area contributed by atoms with E-state index in [1.165, 1.54) is 0 Å². The predicted molar refractivity (Wildman–Crippen MR) is 51.5 cm³/mol. The van der Waals surface area contributed by atoms with Gasteiger partial charge >= 0.3 is 5.97 Å². The molecule has 0 aromatic carbocycles. The lowest BCUT2D eigenvalue weighted by Gasteiger charge is -1.99. The monoisotopic (exact) mass is 233 g/mol. The van der Waals surface area contributed by atoms with Crippen molar-refractivity contribution in [2.24, 2.45) is 0 Å². The van der Waals surface area contributed by atoms with Gasteiger partial charge in [0.15, 0.2) is 11.6 Å². The average Bonchev–Trinajstić information content (AvgIpc) is 2.62. The Hall–Kier alpha value is -1.46. The summed E-state index contributed by atoms with van der Waals surface area (Å²) in [5, 5.41) is 0. The molecule has 0 aliphatic rings. The Balaban J connectivity index is 3.10. The van der Waals surface area contributed by atoms with Crippen LogP contribution in [0, 0.1) is 0 Å². The van der Waals surface area contributed by atoms with E-state index < -0.39 is 23.8 Å². The van der Waals surface area contributed by atoms with Crippen LogP contribution in [0.15, 0.2) is 4.42 Å². The second-order valence-corrected chi connectivity index (χ2v) is 3.44. The summed E-state index contributed by atoms with van der Waals surface area (Å²) in [5.41, 5.74) is -0.651. The number of nitrogens with zero attached hydrogens (tertiary/aromatic N) is 1. The Labute approximate surface area is 91.6 Å². The summed E-state index contributed by atoms with van der Waals surface area (Å²) >= 11 is 0. The van der Waals surface area contributed by atoms with Crippen LogP contribution >= 0.6 is 0 Å². The first kappa shape index (κ1) is 12.6. The van der Waals surface area contributed by atoms with Gasteiger partial charge in [-0.2, -0.15) is 0 Å². The van der Waals surface area contributed by atoms with Gasteiger partial charge in [0.1, 0.15) is 0 Å². The van der Waals surface area contributed by atoms with Crippen molar-refractivity contribution < 1.29 is 22.7 Å². The summed E-state index contributed by atoms with van der Waals surface area (Å²) in [4.78, 5) is 14.9. The van der Waals surface area contributed by atoms with E-state index in [9.17, 15) is 13.6 Å². The topological polar surface area (TPSA) is 52.3 Å². The van der Waals surface area contributed by atoms with E-state index in [0.717, 1.165) is 0 Å². The maximum absolute atomic E-state index is 12.6. The van der Waals surface area contributed by atoms with Crippen molar-refractivity contribution in [3.8, 4) is 0 Å². The number of rotatable bonds is 4. The van der Waals surface area contributed by atoms with Gasteiger partial charge < -0.3 is 9.15 Å². The first-order valence-electron chi connectivity index (χ1n) is 4.93. The van der Waals surface area contributed by atoms with Crippen molar-refractivity contribution in [3.05, 3.63) is 17.3 Å². The molecule has 0 saturated heterocycles. The average molecular weight is 233 g/mol. The molecule has 0 N–H and O–H groups in total. The summed E-state index contributed by atoms with van der Waals surface area (Å²) in [6.45, 7) is 5.14. The molecule has 0 fully saturated rings. The fourth-order valence-electron chi connectivity index (χ4n) is 1.09. The number of halogens is 2. The molecule has 90 valence electrons. The Morgan fingerprint density at radius 3 is 2.56 bits per heavy atom. The van der Waals surface area contributed by atoms with Crippen molar-refractivity contribution >= 4 is 5.97 Å². The molecular formula is C10H13F2NO3. The van der Waals surface area contributed by atoms with Crippen molar-refractivity contribution in [2.75, 3.05) is 6.61 Å². The van der Waals surface area contributed by atoms with Gasteiger partial charge in [-0.15, -0.1) is 0 Å². The molecule has 1 heterocycles. The molecule has 0 atom stereocenters. The van der Waals surface area contributed by atoms with Gasteiger partial charge in [-0.05, 0) is 6.92 Å². The quantitative estimate of drug-likeness (QED) is 0.750. The van der Waals surface area contributed by atoms with Crippen LogP contribution in [-0.2, 0) is 4.74 Å². The van der Waals surface area contributed by atoms with E-state index in [4.69, 9.17) is 4.42 Å². The highest BCUT2D eigenvalue weighted by molar-refractivity contribution is 5.87. The summed E-state index contributed by atoms with van der Waals surface area (Å²) < 4.78 is 34.7. The number of ether oxygens (including phenoxy) is 1. The van der Waals surface area contributed by atoms with Crippen molar-refractivity contribution in [1.29, 1.82) is 0 Å². The number of hydrogen-bond acceptors (Lipinski definition) is 4. The van der Waals surface area contributed by atoms with E-state index in [0.29, 0.717) is 0 Å². The first-order valence-corrected chi connectivity index (χ1v) is 4.93. The summed E-state index contributed by atoms with van der Waals surface area (Å²) in [7, 11) is 0. The molecule has 0 bridgehead atoms. The standard InChI is InChI=1S/C10H13F2NO3/c1-4-15-10(14)7-6(8(11)12)13-9(16-7)5(2)3/h5,8H,4H2,1-3H3. The summed E-state index contributed by atoms with van der Waals surface area (Å²) in [5.74, 6) is -1.46. The fraction of sp³-hybridized carbons (Fsp3) is 0.600. The Kier molecular flexibility index (Phi) is 3.98. The molecule has 0 spiro atoms. The zero-order chi connectivity index (χ0) is 12.3. The fourth-order valence-corrected chi connectivity index (χ4v) is 1.09. The normalized spacial score (nSPS) is 11.2. The highest BCUT2D eigenvalue weighted by Crippen LogP contribution is 2.26. The van der Waals surface area contributed by atoms with Gasteiger partial charge in [-0.1, -0.05) is 13.8 Å². The summed E-state index contributed by atoms with van der Waals surface area (Å²) in [6.07, 6.45) is -2.85. The predicted octanol–water partition coefficient (Wildman–Crippen LogP) is 2.91. The third kappa shape index (κ3) is 2.56. The van der Waals surface area contributed by atoms with Crippen LogP contribution in [0.5, 0.6) is 0 Å². The molecule has 6 heteroatoms. The molecule has 0 saturated carbocycles. The van der Waals surface area contributed by atoms with Crippen molar-refractivity contribution in [1.82, 2.24) is 4.98 Å². The molecule has 4 nitrogen and oxygen atoms in total. The largest absolute Gasteiger partial charge is 0.460 e. The number of oxazole rings is 1. The zero-order valence-electron chi connectivity index (χ0n) is 9.29. The lowest BCUT2D eigenvalue weighted by atomic mass is 10.2. The van der Waals surface area contributed by atoms with E-state index in [1.54, 1.807) is 20.8 Å². The number of carbonyl (C=O) groups is 1. The molecule has 1 rings (SSSR count). The highest BCUT2D eigenvalue weighted by Gasteiger charge is 2.28. The molecule has 16 heavy (non-hydrogen) atoms. The zero-order valence-corrected chi connectivity index (χ0v) is 9.29. The molecular weight excluding hydrogens is 220 g/mol. The smallest absolute Gasteiger partial charge is 0.376 e. The molecule has 0 unspecified atom stereocenters. The van der Waals surface area contributed by atoms with E-state index >= 15 is 0 Å². The molecule has 0 amide bonds. The third-order valence-electron chi connectivity index (χ3n) is 1.83. The minimum absolute atomic E-state index is 0.0965. The third-order valence-corrected chi connectivity index (χ3v) is 1.83. The van der Waals surface area contributed by atoms with Gasteiger partial charge in [0.25, 0.3) is 6.43 Å². The minimum Gasteiger partial charge on any atom is -0.460 e. The Morgan fingerprint density at radius 1 is 1.50 bits per heavy atom. The maximum Gasteiger partial charge on any atom is 0.376 e. The molecule has 1 aromatic rings. The second-order valence-electron chi connectivity index (χ2n) is 3.44. The first-order chi connectivity index (χ1) is 7.47. The van der Waals surface area contributed by atoms with Crippen LogP contribution in [0.2, 0.25) is 0 Å². The number of aromatic nitrogens is 1. The van der Waals surface area contributed by atoms with Gasteiger partial charge in [-0.25, -0.2) is 18.6 Å². The second kappa shape index (κ2) is 5.05. The summed E-state index contributed by atoms with van der Waals surface area (Å²) in [6, 6.07) is 0. The molecule has 0 aliphatic heterocycles. The lowest BCUT2D eigenvalue weighted by molar-refractivity contribution is 0.0473. The van der Waals surface area contributed by atoms with Gasteiger partial charge in [0, 0.05) is 5.92 Å². The van der Waals surface area contributed by atoms with Gasteiger partial charge in [0.2, 0.25) is 5.76 Å². The molecule has 0 radical (unpaired) electrons. The van der Waals surface area contributed by atoms with Crippen LogP contribution in [-0.4, -0.2) is 17.6 Å². The molecule has 1 aromatic heterocycles. The number of esters is 1. The Morgan fingerprint density at radius 2 is 2.12 bits per heavy atom. The minimum atomic E-state index is -2.85. The molecule has 0 aliphatic carbocycles. The van der Waals surface area contributed by atoms with E-state index in [2.05, 4.69) is 9.72 Å². The lowest BCUT2D eigenvalue weighted by Crippen LogP contribution is -2.06. The van der Waals surface area contributed by atoms with Crippen LogP contribution < -0.4 is 0 Å². The van der Waals surface area contributed by atoms with Gasteiger partial charge in [-0.3, -0.25) is 0 Å². The van der Waals surface area contributed by atoms with Gasteiger partial charge in [0.05, 0.1) is 6.61 Å². The SMILES string of the molecule is CCOC(=O)c1oc(C(C)C)nc1C(F)F. The van der Waals surface area contributed by atoms with Crippen LogP contribution in [0.25, 0.3) is 0 Å². The number of alkyl halides is 2.